The number of aliphatic hydroxyl groups is 1. The zero-order valence-corrected chi connectivity index (χ0v) is 11.5. The zero-order valence-electron chi connectivity index (χ0n) is 11.5. The molecule has 1 N–H and O–H groups in total. The first-order valence-corrected chi connectivity index (χ1v) is 6.96. The van der Waals surface area contributed by atoms with Crippen LogP contribution in [-0.2, 0) is 6.61 Å². The van der Waals surface area contributed by atoms with Gasteiger partial charge in [-0.25, -0.2) is 8.78 Å². The molecule has 110 valence electrons. The van der Waals surface area contributed by atoms with Crippen LogP contribution in [0.1, 0.15) is 22.8 Å². The van der Waals surface area contributed by atoms with E-state index in [-0.39, 0.29) is 12.2 Å². The van der Waals surface area contributed by atoms with E-state index in [4.69, 9.17) is 4.74 Å². The van der Waals surface area contributed by atoms with E-state index in [0.717, 1.165) is 16.8 Å². The molecule has 0 amide bonds. The summed E-state index contributed by atoms with van der Waals surface area (Å²) in [5.41, 5.74) is 0.962. The van der Waals surface area contributed by atoms with Crippen LogP contribution in [0.15, 0.2) is 48.5 Å². The minimum absolute atomic E-state index is 0.0628. The molecule has 3 aromatic rings. The number of aliphatic hydroxyl groups excluding tert-OH is 1. The zero-order chi connectivity index (χ0) is 15.3. The van der Waals surface area contributed by atoms with E-state index in [1.165, 1.54) is 6.07 Å². The van der Waals surface area contributed by atoms with Crippen molar-refractivity contribution in [1.29, 1.82) is 0 Å². The Bertz CT molecular complexity index is 890. The number of hydrogen-bond donors (Lipinski definition) is 1. The Morgan fingerprint density at radius 3 is 2.59 bits per heavy atom. The lowest BCUT2D eigenvalue weighted by Gasteiger charge is -2.14. The van der Waals surface area contributed by atoms with Gasteiger partial charge in [0.05, 0.1) is 0 Å². The SMILES string of the molecule is OC1c2ccc(F)c(F)c2COc2c1ccc1ccccc21. The van der Waals surface area contributed by atoms with Crippen LogP contribution in [0.5, 0.6) is 5.75 Å². The highest BCUT2D eigenvalue weighted by Gasteiger charge is 2.27. The van der Waals surface area contributed by atoms with Gasteiger partial charge in [0, 0.05) is 16.5 Å². The van der Waals surface area contributed by atoms with Crippen LogP contribution in [0.3, 0.4) is 0 Å². The van der Waals surface area contributed by atoms with Crippen molar-refractivity contribution in [2.45, 2.75) is 12.7 Å². The standard InChI is InChI=1S/C18H12F2O2/c19-15-8-7-12-14(16(15)20)9-22-18-11-4-2-1-3-10(11)5-6-13(18)17(12)21/h1-8,17,21H,9H2. The van der Waals surface area contributed by atoms with E-state index < -0.39 is 17.7 Å². The molecule has 4 rings (SSSR count). The molecule has 0 bridgehead atoms. The lowest BCUT2D eigenvalue weighted by atomic mass is 9.95. The minimum atomic E-state index is -1.05. The molecule has 1 atom stereocenters. The molecule has 0 aromatic heterocycles. The summed E-state index contributed by atoms with van der Waals surface area (Å²) in [7, 11) is 0. The highest BCUT2D eigenvalue weighted by Crippen LogP contribution is 2.40. The summed E-state index contributed by atoms with van der Waals surface area (Å²) < 4.78 is 33.2. The fourth-order valence-corrected chi connectivity index (χ4v) is 2.96. The van der Waals surface area contributed by atoms with Gasteiger partial charge in [-0.15, -0.1) is 0 Å². The molecule has 0 radical (unpaired) electrons. The number of halogens is 2. The molecule has 0 saturated heterocycles. The number of benzene rings is 3. The van der Waals surface area contributed by atoms with Gasteiger partial charge in [0.2, 0.25) is 0 Å². The van der Waals surface area contributed by atoms with Gasteiger partial charge < -0.3 is 9.84 Å². The normalized spacial score (nSPS) is 16.6. The Kier molecular flexibility index (Phi) is 2.87. The topological polar surface area (TPSA) is 29.5 Å². The van der Waals surface area contributed by atoms with Crippen molar-refractivity contribution in [3.8, 4) is 5.75 Å². The molecule has 1 heterocycles. The molecule has 2 nitrogen and oxygen atoms in total. The van der Waals surface area contributed by atoms with Crippen LogP contribution >= 0.6 is 0 Å². The summed E-state index contributed by atoms with van der Waals surface area (Å²) in [5.74, 6) is -1.39. The Hall–Kier alpha value is -2.46. The van der Waals surface area contributed by atoms with Crippen molar-refractivity contribution in [3.63, 3.8) is 0 Å². The predicted molar refractivity (Wildman–Crippen MR) is 78.7 cm³/mol. The van der Waals surface area contributed by atoms with Crippen LogP contribution in [-0.4, -0.2) is 5.11 Å². The first kappa shape index (κ1) is 13.2. The Balaban J connectivity index is 1.98. The molecule has 22 heavy (non-hydrogen) atoms. The summed E-state index contributed by atoms with van der Waals surface area (Å²) in [4.78, 5) is 0. The number of rotatable bonds is 0. The number of fused-ring (bicyclic) bond motifs is 4. The third kappa shape index (κ3) is 1.81. The summed E-state index contributed by atoms with van der Waals surface area (Å²) in [6.45, 7) is -0.114. The van der Waals surface area contributed by atoms with E-state index in [1.807, 2.05) is 30.3 Å². The Morgan fingerprint density at radius 1 is 0.955 bits per heavy atom. The van der Waals surface area contributed by atoms with Gasteiger partial charge >= 0.3 is 0 Å². The fourth-order valence-electron chi connectivity index (χ4n) is 2.96. The molecule has 0 fully saturated rings. The van der Waals surface area contributed by atoms with Crippen LogP contribution in [0.4, 0.5) is 8.78 Å². The second-order valence-corrected chi connectivity index (χ2v) is 5.33. The quantitative estimate of drug-likeness (QED) is 0.677. The summed E-state index contributed by atoms with van der Waals surface area (Å²) in [5, 5.41) is 12.4. The van der Waals surface area contributed by atoms with Crippen LogP contribution in [0.25, 0.3) is 10.8 Å². The molecule has 0 saturated carbocycles. The van der Waals surface area contributed by atoms with E-state index in [9.17, 15) is 13.9 Å². The second-order valence-electron chi connectivity index (χ2n) is 5.33. The van der Waals surface area contributed by atoms with E-state index in [0.29, 0.717) is 16.9 Å². The first-order chi connectivity index (χ1) is 10.7. The van der Waals surface area contributed by atoms with E-state index in [1.54, 1.807) is 6.07 Å². The Labute approximate surface area is 125 Å². The van der Waals surface area contributed by atoms with Crippen molar-refractivity contribution < 1.29 is 18.6 Å². The maximum absolute atomic E-state index is 14.0. The van der Waals surface area contributed by atoms with Crippen molar-refractivity contribution in [2.24, 2.45) is 0 Å². The molecule has 0 spiro atoms. The summed E-state index contributed by atoms with van der Waals surface area (Å²) >= 11 is 0. The summed E-state index contributed by atoms with van der Waals surface area (Å²) in [6, 6.07) is 13.7. The van der Waals surface area contributed by atoms with Crippen molar-refractivity contribution >= 4 is 10.8 Å². The van der Waals surface area contributed by atoms with Crippen LogP contribution in [0, 0.1) is 11.6 Å². The molecule has 1 unspecified atom stereocenters. The molecule has 1 aliphatic rings. The van der Waals surface area contributed by atoms with Crippen molar-refractivity contribution in [3.05, 3.63) is 76.9 Å². The third-order valence-corrected chi connectivity index (χ3v) is 4.09. The van der Waals surface area contributed by atoms with Crippen LogP contribution < -0.4 is 4.74 Å². The lowest BCUT2D eigenvalue weighted by molar-refractivity contribution is 0.218. The molecule has 3 aromatic carbocycles. The molecular weight excluding hydrogens is 286 g/mol. The third-order valence-electron chi connectivity index (χ3n) is 4.09. The van der Waals surface area contributed by atoms with Gasteiger partial charge in [0.25, 0.3) is 0 Å². The fraction of sp³-hybridized carbons (Fsp3) is 0.111. The average molecular weight is 298 g/mol. The number of ether oxygens (including phenoxy) is 1. The van der Waals surface area contributed by atoms with E-state index >= 15 is 0 Å². The monoisotopic (exact) mass is 298 g/mol. The molecular formula is C18H12F2O2. The van der Waals surface area contributed by atoms with Crippen molar-refractivity contribution in [2.75, 3.05) is 0 Å². The Morgan fingerprint density at radius 2 is 1.73 bits per heavy atom. The average Bonchev–Trinajstić information content (AvgIpc) is 2.69. The number of hydrogen-bond acceptors (Lipinski definition) is 2. The second kappa shape index (κ2) is 4.78. The molecule has 1 aliphatic heterocycles. The van der Waals surface area contributed by atoms with E-state index in [2.05, 4.69) is 0 Å². The van der Waals surface area contributed by atoms with Gasteiger partial charge in [-0.2, -0.15) is 0 Å². The molecule has 4 heteroatoms. The summed E-state index contributed by atoms with van der Waals surface area (Å²) in [6.07, 6.45) is -1.05. The molecule has 0 aliphatic carbocycles. The minimum Gasteiger partial charge on any atom is -0.488 e. The van der Waals surface area contributed by atoms with Gasteiger partial charge in [0.1, 0.15) is 18.5 Å². The maximum Gasteiger partial charge on any atom is 0.165 e. The lowest BCUT2D eigenvalue weighted by Crippen LogP contribution is -2.05. The predicted octanol–water partition coefficient (Wildman–Crippen LogP) is 4.09. The highest BCUT2D eigenvalue weighted by atomic mass is 19.2. The largest absolute Gasteiger partial charge is 0.488 e. The van der Waals surface area contributed by atoms with Gasteiger partial charge in [-0.05, 0) is 17.0 Å². The van der Waals surface area contributed by atoms with Gasteiger partial charge in [-0.3, -0.25) is 0 Å². The maximum atomic E-state index is 14.0. The highest BCUT2D eigenvalue weighted by molar-refractivity contribution is 5.90. The van der Waals surface area contributed by atoms with Crippen LogP contribution in [0.2, 0.25) is 0 Å². The van der Waals surface area contributed by atoms with Gasteiger partial charge in [-0.1, -0.05) is 42.5 Å². The smallest absolute Gasteiger partial charge is 0.165 e. The van der Waals surface area contributed by atoms with Gasteiger partial charge in [0.15, 0.2) is 11.6 Å². The van der Waals surface area contributed by atoms with Crippen molar-refractivity contribution in [1.82, 2.24) is 0 Å². The first-order valence-electron chi connectivity index (χ1n) is 6.96.